The third-order valence-corrected chi connectivity index (χ3v) is 0.569. The fourth-order valence-electron chi connectivity index (χ4n) is 0. The Labute approximate surface area is 63.8 Å². The minimum Gasteiger partial charge on any atom is -0.369 e. The van der Waals surface area contributed by atoms with E-state index in [0.717, 1.165) is 5.92 Å². The fraction of sp³-hybridized carbons (Fsp3) is 0.875. The fourth-order valence-corrected chi connectivity index (χ4v) is 0. The van der Waals surface area contributed by atoms with E-state index in [1.165, 1.54) is 0 Å². The maximum absolute atomic E-state index is 9.92. The van der Waals surface area contributed by atoms with Crippen molar-refractivity contribution < 1.29 is 4.79 Å². The maximum atomic E-state index is 9.92. The van der Waals surface area contributed by atoms with Gasteiger partial charge in [-0.3, -0.25) is 4.79 Å². The van der Waals surface area contributed by atoms with E-state index in [4.69, 9.17) is 5.73 Å². The van der Waals surface area contributed by atoms with Crippen LogP contribution in [0.25, 0.3) is 0 Å². The zero-order valence-corrected chi connectivity index (χ0v) is 7.64. The number of primary amides is 1. The number of carbonyl (C=O) groups excluding carboxylic acids is 1. The molecular formula is C8H19NO. The highest BCUT2D eigenvalue weighted by Crippen LogP contribution is 1.84. The molecule has 0 spiro atoms. The van der Waals surface area contributed by atoms with Crippen molar-refractivity contribution in [3.05, 3.63) is 0 Å². The van der Waals surface area contributed by atoms with Crippen molar-refractivity contribution in [1.29, 1.82) is 0 Å². The molecule has 2 nitrogen and oxygen atoms in total. The number of carbonyl (C=O) groups is 1. The summed E-state index contributed by atoms with van der Waals surface area (Å²) in [4.78, 5) is 9.92. The van der Waals surface area contributed by atoms with Crippen molar-refractivity contribution >= 4 is 5.91 Å². The minimum atomic E-state index is -0.241. The van der Waals surface area contributed by atoms with Crippen LogP contribution >= 0.6 is 0 Å². The molecule has 2 heteroatoms. The van der Waals surface area contributed by atoms with Gasteiger partial charge >= 0.3 is 0 Å². The molecule has 0 aromatic carbocycles. The minimum absolute atomic E-state index is 0.00926. The molecule has 0 aliphatic rings. The topological polar surface area (TPSA) is 43.1 Å². The third kappa shape index (κ3) is 26.0. The number of rotatable bonds is 1. The lowest BCUT2D eigenvalue weighted by Crippen LogP contribution is -2.17. The molecule has 62 valence electrons. The lowest BCUT2D eigenvalue weighted by molar-refractivity contribution is -0.120. The van der Waals surface area contributed by atoms with Gasteiger partial charge in [-0.25, -0.2) is 0 Å². The van der Waals surface area contributed by atoms with Gasteiger partial charge in [0.25, 0.3) is 0 Å². The van der Waals surface area contributed by atoms with Crippen LogP contribution in [0, 0.1) is 11.8 Å². The molecular weight excluding hydrogens is 126 g/mol. The number of hydrogen-bond acceptors (Lipinski definition) is 1. The van der Waals surface area contributed by atoms with E-state index < -0.39 is 0 Å². The van der Waals surface area contributed by atoms with Crippen molar-refractivity contribution in [1.82, 2.24) is 0 Å². The Morgan fingerprint density at radius 2 is 1.20 bits per heavy atom. The van der Waals surface area contributed by atoms with Crippen molar-refractivity contribution in [3.8, 4) is 0 Å². The van der Waals surface area contributed by atoms with Gasteiger partial charge in [-0.2, -0.15) is 0 Å². The molecule has 0 saturated heterocycles. The van der Waals surface area contributed by atoms with Gasteiger partial charge in [0.05, 0.1) is 0 Å². The second-order valence-corrected chi connectivity index (χ2v) is 3.29. The monoisotopic (exact) mass is 145 g/mol. The van der Waals surface area contributed by atoms with Crippen molar-refractivity contribution in [2.45, 2.75) is 34.6 Å². The average molecular weight is 145 g/mol. The van der Waals surface area contributed by atoms with Gasteiger partial charge in [-0.15, -0.1) is 0 Å². The van der Waals surface area contributed by atoms with E-state index in [-0.39, 0.29) is 11.8 Å². The van der Waals surface area contributed by atoms with Crippen LogP contribution in [0.15, 0.2) is 0 Å². The Balaban J connectivity index is 0. The molecule has 0 unspecified atom stereocenters. The molecule has 0 saturated carbocycles. The van der Waals surface area contributed by atoms with Crippen LogP contribution in [0.5, 0.6) is 0 Å². The Bertz CT molecular complexity index is 84.5. The van der Waals surface area contributed by atoms with Crippen LogP contribution in [-0.4, -0.2) is 5.91 Å². The highest BCUT2D eigenvalue weighted by Gasteiger charge is 1.96. The summed E-state index contributed by atoms with van der Waals surface area (Å²) in [6, 6.07) is 0. The zero-order valence-electron chi connectivity index (χ0n) is 7.64. The van der Waals surface area contributed by atoms with E-state index in [2.05, 4.69) is 20.8 Å². The van der Waals surface area contributed by atoms with Crippen molar-refractivity contribution in [2.75, 3.05) is 0 Å². The zero-order chi connectivity index (χ0) is 8.73. The van der Waals surface area contributed by atoms with Gasteiger partial charge in [0.2, 0.25) is 5.91 Å². The molecule has 0 aliphatic heterocycles. The van der Waals surface area contributed by atoms with Crippen LogP contribution in [0.1, 0.15) is 34.6 Å². The number of hydrogen-bond donors (Lipinski definition) is 1. The van der Waals surface area contributed by atoms with Crippen LogP contribution in [0.2, 0.25) is 0 Å². The smallest absolute Gasteiger partial charge is 0.219 e. The lowest BCUT2D eigenvalue weighted by atomic mass is 10.2. The first-order valence-corrected chi connectivity index (χ1v) is 3.67. The quantitative estimate of drug-likeness (QED) is 0.600. The van der Waals surface area contributed by atoms with Crippen LogP contribution in [0.4, 0.5) is 0 Å². The predicted octanol–water partition coefficient (Wildman–Crippen LogP) is 1.79. The summed E-state index contributed by atoms with van der Waals surface area (Å²) in [7, 11) is 0. The molecule has 0 radical (unpaired) electrons. The van der Waals surface area contributed by atoms with Crippen molar-refractivity contribution in [2.24, 2.45) is 17.6 Å². The molecule has 0 aromatic heterocycles. The van der Waals surface area contributed by atoms with Gasteiger partial charge < -0.3 is 5.73 Å². The van der Waals surface area contributed by atoms with E-state index in [1.807, 2.05) is 0 Å². The van der Waals surface area contributed by atoms with Gasteiger partial charge in [0.15, 0.2) is 0 Å². The third-order valence-electron chi connectivity index (χ3n) is 0.569. The second kappa shape index (κ2) is 6.59. The van der Waals surface area contributed by atoms with Crippen LogP contribution in [0.3, 0.4) is 0 Å². The van der Waals surface area contributed by atoms with E-state index in [0.29, 0.717) is 0 Å². The van der Waals surface area contributed by atoms with Crippen LogP contribution < -0.4 is 5.73 Å². The Morgan fingerprint density at radius 1 is 1.10 bits per heavy atom. The largest absolute Gasteiger partial charge is 0.369 e. The summed E-state index contributed by atoms with van der Waals surface area (Å²) >= 11 is 0. The van der Waals surface area contributed by atoms with Crippen molar-refractivity contribution in [3.63, 3.8) is 0 Å². The van der Waals surface area contributed by atoms with Gasteiger partial charge in [-0.05, 0) is 5.92 Å². The summed E-state index contributed by atoms with van der Waals surface area (Å²) in [5, 5.41) is 0. The molecule has 0 bridgehead atoms. The summed E-state index contributed by atoms with van der Waals surface area (Å²) in [6.07, 6.45) is 0. The Morgan fingerprint density at radius 3 is 1.20 bits per heavy atom. The summed E-state index contributed by atoms with van der Waals surface area (Å²) in [6.45, 7) is 10.0. The summed E-state index contributed by atoms with van der Waals surface area (Å²) < 4.78 is 0. The molecule has 1 amide bonds. The van der Waals surface area contributed by atoms with E-state index in [9.17, 15) is 4.79 Å². The molecule has 2 N–H and O–H groups in total. The number of amides is 1. The van der Waals surface area contributed by atoms with E-state index in [1.54, 1.807) is 13.8 Å². The first-order valence-electron chi connectivity index (χ1n) is 3.67. The molecule has 0 aliphatic carbocycles. The van der Waals surface area contributed by atoms with Crippen LogP contribution in [-0.2, 0) is 4.79 Å². The highest BCUT2D eigenvalue weighted by molar-refractivity contribution is 5.75. The summed E-state index contributed by atoms with van der Waals surface area (Å²) in [5.41, 5.74) is 4.80. The second-order valence-electron chi connectivity index (χ2n) is 3.29. The molecule has 0 rings (SSSR count). The van der Waals surface area contributed by atoms with E-state index >= 15 is 0 Å². The standard InChI is InChI=1S/C4H9NO.C4H10/c1-3(2)4(5)6;1-4(2)3/h3H,1-2H3,(H2,5,6);4H,1-3H3. The first-order chi connectivity index (χ1) is 4.37. The highest BCUT2D eigenvalue weighted by atomic mass is 16.1. The lowest BCUT2D eigenvalue weighted by Gasteiger charge is -1.90. The SMILES string of the molecule is CC(C)C.CC(C)C(N)=O. The van der Waals surface area contributed by atoms with Gasteiger partial charge in [-0.1, -0.05) is 34.6 Å². The normalized spacial score (nSPS) is 9.10. The maximum Gasteiger partial charge on any atom is 0.219 e. The molecule has 0 atom stereocenters. The average Bonchev–Trinajstić information content (AvgIpc) is 1.63. The molecule has 0 aromatic rings. The Hall–Kier alpha value is -0.530. The number of nitrogens with two attached hydrogens (primary N) is 1. The Kier molecular flexibility index (Phi) is 8.02. The van der Waals surface area contributed by atoms with Gasteiger partial charge in [0.1, 0.15) is 0 Å². The predicted molar refractivity (Wildman–Crippen MR) is 44.5 cm³/mol. The van der Waals surface area contributed by atoms with Gasteiger partial charge in [0, 0.05) is 5.92 Å². The summed E-state index contributed by atoms with van der Waals surface area (Å²) in [5.74, 6) is 0.583. The first kappa shape index (κ1) is 12.2. The molecule has 10 heavy (non-hydrogen) atoms. The molecule has 0 fully saturated rings. The molecule has 0 heterocycles.